The Morgan fingerprint density at radius 1 is 1.44 bits per heavy atom. The van der Waals surface area contributed by atoms with Crippen LogP contribution in [-0.4, -0.2) is 16.1 Å². The molecule has 0 aromatic heterocycles. The van der Waals surface area contributed by atoms with Gasteiger partial charge in [0.15, 0.2) is 0 Å². The van der Waals surface area contributed by atoms with Gasteiger partial charge in [-0.3, -0.25) is 10.1 Å². The van der Waals surface area contributed by atoms with E-state index in [0.29, 0.717) is 6.42 Å². The van der Waals surface area contributed by atoms with Crippen LogP contribution in [0.2, 0.25) is 0 Å². The Bertz CT molecular complexity index is 388. The summed E-state index contributed by atoms with van der Waals surface area (Å²) in [5.41, 5.74) is 1.92. The molecule has 0 fully saturated rings. The van der Waals surface area contributed by atoms with Crippen LogP contribution in [0.4, 0.5) is 5.69 Å². The highest BCUT2D eigenvalue weighted by molar-refractivity contribution is 5.39. The summed E-state index contributed by atoms with van der Waals surface area (Å²) >= 11 is 0. The van der Waals surface area contributed by atoms with Crippen LogP contribution in [0.25, 0.3) is 0 Å². The van der Waals surface area contributed by atoms with E-state index in [1.165, 1.54) is 6.07 Å². The van der Waals surface area contributed by atoms with Gasteiger partial charge in [-0.05, 0) is 30.4 Å². The minimum Gasteiger partial charge on any atom is -0.393 e. The third-order valence-corrected chi connectivity index (χ3v) is 2.74. The molecule has 0 aliphatic rings. The van der Waals surface area contributed by atoms with Crippen molar-refractivity contribution in [2.45, 2.75) is 33.3 Å². The molecule has 1 unspecified atom stereocenters. The molecule has 4 nitrogen and oxygen atoms in total. The molecule has 1 aromatic rings. The number of nitrogens with zero attached hydrogens (tertiary/aromatic N) is 1. The number of nitro benzene ring substituents is 1. The lowest BCUT2D eigenvalue weighted by Crippen LogP contribution is -2.18. The van der Waals surface area contributed by atoms with Gasteiger partial charge in [0.25, 0.3) is 5.69 Å². The van der Waals surface area contributed by atoms with E-state index < -0.39 is 11.0 Å². The van der Waals surface area contributed by atoms with Crippen molar-refractivity contribution in [2.75, 3.05) is 0 Å². The zero-order valence-corrected chi connectivity index (χ0v) is 9.80. The standard InChI is InChI=1S/C12H17NO3/c1-8(2)12(14)7-10-4-5-11(13(15)16)6-9(10)3/h4-6,8,12,14H,7H2,1-3H3. The van der Waals surface area contributed by atoms with Crippen molar-refractivity contribution in [1.82, 2.24) is 0 Å². The molecule has 0 aliphatic heterocycles. The lowest BCUT2D eigenvalue weighted by Gasteiger charge is -2.15. The van der Waals surface area contributed by atoms with Crippen molar-refractivity contribution in [2.24, 2.45) is 5.92 Å². The largest absolute Gasteiger partial charge is 0.393 e. The first kappa shape index (κ1) is 12.6. The molecule has 0 spiro atoms. The summed E-state index contributed by atoms with van der Waals surface area (Å²) in [5, 5.41) is 20.3. The molecule has 0 bridgehead atoms. The van der Waals surface area contributed by atoms with E-state index in [1.54, 1.807) is 12.1 Å². The Kier molecular flexibility index (Phi) is 4.01. The fourth-order valence-electron chi connectivity index (χ4n) is 1.48. The first-order valence-corrected chi connectivity index (χ1v) is 5.33. The van der Waals surface area contributed by atoms with Crippen molar-refractivity contribution in [3.05, 3.63) is 39.4 Å². The van der Waals surface area contributed by atoms with Crippen LogP contribution >= 0.6 is 0 Å². The molecule has 4 heteroatoms. The second kappa shape index (κ2) is 5.07. The molecule has 0 radical (unpaired) electrons. The van der Waals surface area contributed by atoms with E-state index >= 15 is 0 Å². The highest BCUT2D eigenvalue weighted by Gasteiger charge is 2.13. The SMILES string of the molecule is Cc1cc([N+](=O)[O-])ccc1CC(O)C(C)C. The molecule has 0 heterocycles. The number of rotatable bonds is 4. The number of nitro groups is 1. The van der Waals surface area contributed by atoms with Gasteiger partial charge >= 0.3 is 0 Å². The Morgan fingerprint density at radius 2 is 2.06 bits per heavy atom. The van der Waals surface area contributed by atoms with Gasteiger partial charge < -0.3 is 5.11 Å². The molecule has 0 saturated heterocycles. The van der Waals surface area contributed by atoms with Crippen LogP contribution in [-0.2, 0) is 6.42 Å². The van der Waals surface area contributed by atoms with Crippen LogP contribution in [0.5, 0.6) is 0 Å². The van der Waals surface area contributed by atoms with Crippen molar-refractivity contribution in [3.63, 3.8) is 0 Å². The Balaban J connectivity index is 2.87. The predicted octanol–water partition coefficient (Wildman–Crippen LogP) is 2.46. The summed E-state index contributed by atoms with van der Waals surface area (Å²) in [6, 6.07) is 4.75. The molecule has 1 atom stereocenters. The van der Waals surface area contributed by atoms with E-state index in [-0.39, 0.29) is 11.6 Å². The normalized spacial score (nSPS) is 12.8. The number of hydrogen-bond acceptors (Lipinski definition) is 3. The first-order valence-electron chi connectivity index (χ1n) is 5.33. The van der Waals surface area contributed by atoms with Crippen molar-refractivity contribution < 1.29 is 10.0 Å². The zero-order valence-electron chi connectivity index (χ0n) is 9.80. The third-order valence-electron chi connectivity index (χ3n) is 2.74. The number of non-ortho nitro benzene ring substituents is 1. The Labute approximate surface area is 95.1 Å². The van der Waals surface area contributed by atoms with Gasteiger partial charge in [0, 0.05) is 12.1 Å². The van der Waals surface area contributed by atoms with Gasteiger partial charge in [-0.2, -0.15) is 0 Å². The maximum atomic E-state index is 10.6. The Hall–Kier alpha value is -1.42. The fourth-order valence-corrected chi connectivity index (χ4v) is 1.48. The smallest absolute Gasteiger partial charge is 0.269 e. The van der Waals surface area contributed by atoms with E-state index in [1.807, 2.05) is 20.8 Å². The molecule has 16 heavy (non-hydrogen) atoms. The topological polar surface area (TPSA) is 63.4 Å². The van der Waals surface area contributed by atoms with E-state index in [9.17, 15) is 15.2 Å². The number of aryl methyl sites for hydroxylation is 1. The van der Waals surface area contributed by atoms with Crippen LogP contribution < -0.4 is 0 Å². The quantitative estimate of drug-likeness (QED) is 0.630. The van der Waals surface area contributed by atoms with Crippen LogP contribution in [0.3, 0.4) is 0 Å². The van der Waals surface area contributed by atoms with Crippen molar-refractivity contribution in [3.8, 4) is 0 Å². The molecule has 0 amide bonds. The van der Waals surface area contributed by atoms with E-state index in [4.69, 9.17) is 0 Å². The molecule has 0 saturated carbocycles. The van der Waals surface area contributed by atoms with Gasteiger partial charge in [-0.1, -0.05) is 19.9 Å². The number of aliphatic hydroxyl groups is 1. The van der Waals surface area contributed by atoms with Gasteiger partial charge in [0.05, 0.1) is 11.0 Å². The average Bonchev–Trinajstić information content (AvgIpc) is 2.20. The highest BCUT2D eigenvalue weighted by Crippen LogP contribution is 2.19. The minimum absolute atomic E-state index is 0.0975. The molecule has 1 rings (SSSR count). The van der Waals surface area contributed by atoms with Crippen molar-refractivity contribution >= 4 is 5.69 Å². The van der Waals surface area contributed by atoms with Gasteiger partial charge in [0.1, 0.15) is 0 Å². The average molecular weight is 223 g/mol. The molecule has 1 N–H and O–H groups in total. The van der Waals surface area contributed by atoms with Gasteiger partial charge in [0.2, 0.25) is 0 Å². The molecule has 1 aromatic carbocycles. The van der Waals surface area contributed by atoms with Gasteiger partial charge in [-0.25, -0.2) is 0 Å². The second-order valence-electron chi connectivity index (χ2n) is 4.38. The maximum absolute atomic E-state index is 10.6. The highest BCUT2D eigenvalue weighted by atomic mass is 16.6. The van der Waals surface area contributed by atoms with Gasteiger partial charge in [-0.15, -0.1) is 0 Å². The monoisotopic (exact) mass is 223 g/mol. The summed E-state index contributed by atoms with van der Waals surface area (Å²) < 4.78 is 0. The summed E-state index contributed by atoms with van der Waals surface area (Å²) in [5.74, 6) is 0.189. The molecular weight excluding hydrogens is 206 g/mol. The first-order chi connectivity index (χ1) is 7.41. The Morgan fingerprint density at radius 3 is 2.50 bits per heavy atom. The summed E-state index contributed by atoms with van der Waals surface area (Å²) in [7, 11) is 0. The zero-order chi connectivity index (χ0) is 12.3. The summed E-state index contributed by atoms with van der Waals surface area (Å²) in [6.07, 6.45) is 0.141. The van der Waals surface area contributed by atoms with E-state index in [0.717, 1.165) is 11.1 Å². The predicted molar refractivity (Wildman–Crippen MR) is 62.4 cm³/mol. The second-order valence-corrected chi connectivity index (χ2v) is 4.38. The minimum atomic E-state index is -0.407. The lowest BCUT2D eigenvalue weighted by atomic mass is 9.96. The fraction of sp³-hybridized carbons (Fsp3) is 0.500. The van der Waals surface area contributed by atoms with E-state index in [2.05, 4.69) is 0 Å². The molecule has 0 aliphatic carbocycles. The van der Waals surface area contributed by atoms with Crippen molar-refractivity contribution in [1.29, 1.82) is 0 Å². The molecule has 88 valence electrons. The van der Waals surface area contributed by atoms with Crippen LogP contribution in [0.15, 0.2) is 18.2 Å². The number of benzene rings is 1. The van der Waals surface area contributed by atoms with Crippen LogP contribution in [0.1, 0.15) is 25.0 Å². The molecular formula is C12H17NO3. The number of aliphatic hydroxyl groups excluding tert-OH is 1. The maximum Gasteiger partial charge on any atom is 0.269 e. The number of hydrogen-bond donors (Lipinski definition) is 1. The third kappa shape index (κ3) is 3.03. The summed E-state index contributed by atoms with van der Waals surface area (Å²) in [4.78, 5) is 10.1. The van der Waals surface area contributed by atoms with Crippen LogP contribution in [0, 0.1) is 23.0 Å². The lowest BCUT2D eigenvalue weighted by molar-refractivity contribution is -0.384. The summed E-state index contributed by atoms with van der Waals surface area (Å²) in [6.45, 7) is 5.73.